The van der Waals surface area contributed by atoms with Gasteiger partial charge in [0.15, 0.2) is 6.61 Å². The number of aromatic nitrogens is 2. The van der Waals surface area contributed by atoms with Crippen LogP contribution in [0.4, 0.5) is 11.4 Å². The minimum atomic E-state index is -0.260. The van der Waals surface area contributed by atoms with Gasteiger partial charge in [-0.1, -0.05) is 0 Å². The highest BCUT2D eigenvalue weighted by atomic mass is 16.5. The lowest BCUT2D eigenvalue weighted by Crippen LogP contribution is -2.35. The summed E-state index contributed by atoms with van der Waals surface area (Å²) in [6.45, 7) is 3.82. The number of nitrogens with one attached hydrogen (secondary N) is 1. The number of likely N-dealkylation sites (N-methyl/N-ethyl adjacent to an activating group) is 1. The molecule has 3 aromatic rings. The molecule has 3 heterocycles. The van der Waals surface area contributed by atoms with Gasteiger partial charge < -0.3 is 15.0 Å². The van der Waals surface area contributed by atoms with Crippen LogP contribution < -0.4 is 15.0 Å². The summed E-state index contributed by atoms with van der Waals surface area (Å²) < 4.78 is 7.18. The van der Waals surface area contributed by atoms with Gasteiger partial charge in [0.1, 0.15) is 17.1 Å². The van der Waals surface area contributed by atoms with E-state index in [1.807, 2.05) is 32.2 Å². The smallest absolute Gasteiger partial charge is 0.274 e. The van der Waals surface area contributed by atoms with Crippen molar-refractivity contribution in [2.45, 2.75) is 13.8 Å². The minimum absolute atomic E-state index is 0.0234. The van der Waals surface area contributed by atoms with Gasteiger partial charge in [-0.05, 0) is 49.7 Å². The molecule has 0 bridgehead atoms. The van der Waals surface area contributed by atoms with Gasteiger partial charge in [0.05, 0.1) is 11.4 Å². The molecule has 0 spiro atoms. The van der Waals surface area contributed by atoms with Crippen molar-refractivity contribution < 1.29 is 14.3 Å². The summed E-state index contributed by atoms with van der Waals surface area (Å²) in [6.07, 6.45) is 1.84. The average Bonchev–Trinajstić information content (AvgIpc) is 2.93. The van der Waals surface area contributed by atoms with Crippen LogP contribution >= 0.6 is 0 Å². The van der Waals surface area contributed by atoms with Gasteiger partial charge in [-0.15, -0.1) is 0 Å². The first kappa shape index (κ1) is 16.1. The standard InChI is InChI=1S/C19H18N4O3/c1-11-6-7-23-16(8-11)20-12(2)18(23)19(25)21-13-4-5-15-14(9-13)22(3)17(24)10-26-15/h4-9H,10H2,1-3H3,(H,21,25). The van der Waals surface area contributed by atoms with Crippen molar-refractivity contribution >= 4 is 28.8 Å². The monoisotopic (exact) mass is 350 g/mol. The van der Waals surface area contributed by atoms with Crippen LogP contribution in [0, 0.1) is 13.8 Å². The number of aryl methyl sites for hydroxylation is 2. The zero-order valence-corrected chi connectivity index (χ0v) is 14.7. The maximum Gasteiger partial charge on any atom is 0.274 e. The Morgan fingerprint density at radius 3 is 2.85 bits per heavy atom. The summed E-state index contributed by atoms with van der Waals surface area (Å²) in [6, 6.07) is 9.09. The van der Waals surface area contributed by atoms with Crippen molar-refractivity contribution in [2.75, 3.05) is 23.9 Å². The first-order valence-corrected chi connectivity index (χ1v) is 8.24. The molecule has 4 rings (SSSR count). The molecule has 7 heteroatoms. The third kappa shape index (κ3) is 2.57. The molecule has 0 atom stereocenters. The molecule has 1 aliphatic rings. The van der Waals surface area contributed by atoms with Crippen molar-refractivity contribution in [1.82, 2.24) is 9.38 Å². The van der Waals surface area contributed by atoms with Crippen LogP contribution in [-0.4, -0.2) is 34.9 Å². The molecule has 2 aromatic heterocycles. The molecule has 0 unspecified atom stereocenters. The Morgan fingerprint density at radius 1 is 1.23 bits per heavy atom. The van der Waals surface area contributed by atoms with Crippen LogP contribution in [0.5, 0.6) is 5.75 Å². The summed E-state index contributed by atoms with van der Waals surface area (Å²) >= 11 is 0. The average molecular weight is 350 g/mol. The van der Waals surface area contributed by atoms with E-state index in [9.17, 15) is 9.59 Å². The van der Waals surface area contributed by atoms with Crippen LogP contribution in [0.2, 0.25) is 0 Å². The first-order chi connectivity index (χ1) is 12.4. The highest BCUT2D eigenvalue weighted by Gasteiger charge is 2.23. The van der Waals surface area contributed by atoms with Crippen molar-refractivity contribution in [1.29, 1.82) is 0 Å². The normalized spacial score (nSPS) is 13.5. The second kappa shape index (κ2) is 5.87. The summed E-state index contributed by atoms with van der Waals surface area (Å²) in [5, 5.41) is 2.88. The van der Waals surface area contributed by atoms with E-state index in [2.05, 4.69) is 10.3 Å². The molecule has 1 aliphatic heterocycles. The largest absolute Gasteiger partial charge is 0.482 e. The number of carbonyl (C=O) groups excluding carboxylic acids is 2. The Kier molecular flexibility index (Phi) is 3.64. The molecule has 0 aliphatic carbocycles. The van der Waals surface area contributed by atoms with Crippen LogP contribution in [0.1, 0.15) is 21.7 Å². The van der Waals surface area contributed by atoms with E-state index in [0.29, 0.717) is 28.5 Å². The summed E-state index contributed by atoms with van der Waals surface area (Å²) in [7, 11) is 1.69. The highest BCUT2D eigenvalue weighted by molar-refractivity contribution is 6.05. The Labute approximate surface area is 150 Å². The number of carbonyl (C=O) groups is 2. The molecule has 26 heavy (non-hydrogen) atoms. The summed E-state index contributed by atoms with van der Waals surface area (Å²) in [4.78, 5) is 30.6. The number of hydrogen-bond acceptors (Lipinski definition) is 4. The van der Waals surface area contributed by atoms with Gasteiger partial charge in [0, 0.05) is 18.9 Å². The lowest BCUT2D eigenvalue weighted by Gasteiger charge is -2.26. The lowest BCUT2D eigenvalue weighted by molar-refractivity contribution is -0.120. The van der Waals surface area contributed by atoms with Crippen molar-refractivity contribution in [2.24, 2.45) is 0 Å². The molecule has 1 N–H and O–H groups in total. The number of benzene rings is 1. The van der Waals surface area contributed by atoms with Gasteiger partial charge in [0.2, 0.25) is 0 Å². The Hall–Kier alpha value is -3.35. The molecule has 0 radical (unpaired) electrons. The van der Waals surface area contributed by atoms with E-state index in [0.717, 1.165) is 11.2 Å². The molecule has 0 fully saturated rings. The van der Waals surface area contributed by atoms with Gasteiger partial charge in [-0.3, -0.25) is 14.0 Å². The molecule has 1 aromatic carbocycles. The van der Waals surface area contributed by atoms with E-state index in [1.165, 1.54) is 4.90 Å². The fourth-order valence-electron chi connectivity index (χ4n) is 3.08. The molecular weight excluding hydrogens is 332 g/mol. The maximum atomic E-state index is 12.8. The molecule has 2 amide bonds. The van der Waals surface area contributed by atoms with Gasteiger partial charge >= 0.3 is 0 Å². The van der Waals surface area contributed by atoms with Crippen molar-refractivity contribution in [3.8, 4) is 5.75 Å². The molecule has 7 nitrogen and oxygen atoms in total. The van der Waals surface area contributed by atoms with Crippen LogP contribution in [0.25, 0.3) is 5.65 Å². The number of fused-ring (bicyclic) bond motifs is 2. The zero-order chi connectivity index (χ0) is 18.4. The van der Waals surface area contributed by atoms with E-state index < -0.39 is 0 Å². The minimum Gasteiger partial charge on any atom is -0.482 e. The molecular formula is C19H18N4O3. The van der Waals surface area contributed by atoms with Crippen LogP contribution in [-0.2, 0) is 4.79 Å². The molecule has 132 valence electrons. The van der Waals surface area contributed by atoms with Crippen LogP contribution in [0.3, 0.4) is 0 Å². The lowest BCUT2D eigenvalue weighted by atomic mass is 10.2. The fourth-order valence-corrected chi connectivity index (χ4v) is 3.08. The topological polar surface area (TPSA) is 75.9 Å². The fraction of sp³-hybridized carbons (Fsp3) is 0.211. The summed E-state index contributed by atoms with van der Waals surface area (Å²) in [5.41, 5.74) is 4.17. The number of anilines is 2. The predicted octanol–water partition coefficient (Wildman–Crippen LogP) is 2.56. The number of imidazole rings is 1. The first-order valence-electron chi connectivity index (χ1n) is 8.24. The number of hydrogen-bond donors (Lipinski definition) is 1. The van der Waals surface area contributed by atoms with Gasteiger partial charge in [-0.25, -0.2) is 4.98 Å². The van der Waals surface area contributed by atoms with Gasteiger partial charge in [0.25, 0.3) is 11.8 Å². The Balaban J connectivity index is 1.67. The van der Waals surface area contributed by atoms with E-state index in [4.69, 9.17) is 4.74 Å². The second-order valence-corrected chi connectivity index (χ2v) is 6.36. The zero-order valence-electron chi connectivity index (χ0n) is 14.7. The second-order valence-electron chi connectivity index (χ2n) is 6.36. The Morgan fingerprint density at radius 2 is 2.04 bits per heavy atom. The van der Waals surface area contributed by atoms with E-state index in [-0.39, 0.29) is 18.4 Å². The van der Waals surface area contributed by atoms with Crippen molar-refractivity contribution in [3.63, 3.8) is 0 Å². The predicted molar refractivity (Wildman–Crippen MR) is 98.0 cm³/mol. The third-order valence-electron chi connectivity index (χ3n) is 4.47. The van der Waals surface area contributed by atoms with Gasteiger partial charge in [-0.2, -0.15) is 0 Å². The quantitative estimate of drug-likeness (QED) is 0.771. The highest BCUT2D eigenvalue weighted by Crippen LogP contribution is 2.33. The van der Waals surface area contributed by atoms with Crippen molar-refractivity contribution in [3.05, 3.63) is 53.5 Å². The number of amides is 2. The maximum absolute atomic E-state index is 12.8. The number of nitrogens with zero attached hydrogens (tertiary/aromatic N) is 3. The SMILES string of the molecule is Cc1ccn2c(C(=O)Nc3ccc4c(c3)N(C)C(=O)CO4)c(C)nc2c1. The van der Waals surface area contributed by atoms with E-state index >= 15 is 0 Å². The third-order valence-corrected chi connectivity index (χ3v) is 4.47. The van der Waals surface area contributed by atoms with E-state index in [1.54, 1.807) is 29.6 Å². The van der Waals surface area contributed by atoms with Crippen LogP contribution in [0.15, 0.2) is 36.5 Å². The number of rotatable bonds is 2. The summed E-state index contributed by atoms with van der Waals surface area (Å²) in [5.74, 6) is 0.227. The number of pyridine rings is 1. The molecule has 0 saturated heterocycles. The Bertz CT molecular complexity index is 1050. The molecule has 0 saturated carbocycles. The number of ether oxygens (including phenoxy) is 1.